The molecule has 39 heavy (non-hydrogen) atoms. The van der Waals surface area contributed by atoms with Crippen LogP contribution in [0.2, 0.25) is 0 Å². The molecule has 3 aromatic rings. The van der Waals surface area contributed by atoms with E-state index in [1.807, 2.05) is 5.57 Å². The van der Waals surface area contributed by atoms with Crippen LogP contribution in [0, 0.1) is 0 Å². The minimum Gasteiger partial charge on any atom is -0.0932 e. The van der Waals surface area contributed by atoms with Crippen molar-refractivity contribution in [1.29, 1.82) is 0 Å². The molecular formula is C37H46P2. The first-order chi connectivity index (χ1) is 19.3. The highest BCUT2D eigenvalue weighted by Gasteiger charge is 2.37. The van der Waals surface area contributed by atoms with Gasteiger partial charge in [0.2, 0.25) is 0 Å². The van der Waals surface area contributed by atoms with Crippen LogP contribution < -0.4 is 15.9 Å². The zero-order chi connectivity index (χ0) is 26.4. The molecule has 0 spiro atoms. The van der Waals surface area contributed by atoms with Gasteiger partial charge < -0.3 is 0 Å². The van der Waals surface area contributed by atoms with Crippen LogP contribution in [0.15, 0.2) is 90.5 Å². The summed E-state index contributed by atoms with van der Waals surface area (Å²) in [5.74, 6) is 0. The lowest BCUT2D eigenvalue weighted by Crippen LogP contribution is -2.27. The second kappa shape index (κ2) is 13.3. The molecule has 0 radical (unpaired) electrons. The SMILES string of the molecule is C[C@H](C1=C(c2ccccc2P(c2ccccc2)c2ccccc2)CCC1)P(C1CCCCC1)C1CCCCC1. The lowest BCUT2D eigenvalue weighted by molar-refractivity contribution is 0.482. The van der Waals surface area contributed by atoms with Crippen molar-refractivity contribution in [3.8, 4) is 0 Å². The number of allylic oxidation sites excluding steroid dienone is 2. The van der Waals surface area contributed by atoms with Crippen molar-refractivity contribution < 1.29 is 0 Å². The Kier molecular flexibility index (Phi) is 9.34. The molecule has 3 aliphatic carbocycles. The fourth-order valence-corrected chi connectivity index (χ4v) is 14.8. The summed E-state index contributed by atoms with van der Waals surface area (Å²) in [6.07, 6.45) is 18.9. The highest BCUT2D eigenvalue weighted by Crippen LogP contribution is 2.62. The van der Waals surface area contributed by atoms with Crippen molar-refractivity contribution in [2.75, 3.05) is 0 Å². The number of hydrogen-bond donors (Lipinski definition) is 0. The van der Waals surface area contributed by atoms with E-state index >= 15 is 0 Å². The fraction of sp³-hybridized carbons (Fsp3) is 0.459. The molecule has 0 unspecified atom stereocenters. The summed E-state index contributed by atoms with van der Waals surface area (Å²) in [6.45, 7) is 2.69. The highest BCUT2D eigenvalue weighted by atomic mass is 31.1. The van der Waals surface area contributed by atoms with Crippen molar-refractivity contribution in [1.82, 2.24) is 0 Å². The van der Waals surface area contributed by atoms with Crippen molar-refractivity contribution in [3.63, 3.8) is 0 Å². The molecule has 0 aliphatic heterocycles. The van der Waals surface area contributed by atoms with Gasteiger partial charge in [-0.15, -0.1) is 0 Å². The molecule has 3 aliphatic rings. The van der Waals surface area contributed by atoms with Crippen LogP contribution in [0.25, 0.3) is 5.57 Å². The van der Waals surface area contributed by atoms with Crippen LogP contribution in [0.1, 0.15) is 96.0 Å². The first-order valence-electron chi connectivity index (χ1n) is 15.8. The summed E-state index contributed by atoms with van der Waals surface area (Å²) in [5.41, 5.74) is 7.98. The molecule has 2 saturated carbocycles. The van der Waals surface area contributed by atoms with E-state index in [0.717, 1.165) is 17.0 Å². The van der Waals surface area contributed by atoms with Gasteiger partial charge in [0, 0.05) is 0 Å². The zero-order valence-electron chi connectivity index (χ0n) is 23.9. The van der Waals surface area contributed by atoms with Gasteiger partial charge in [0.1, 0.15) is 0 Å². The van der Waals surface area contributed by atoms with E-state index < -0.39 is 7.92 Å². The summed E-state index contributed by atoms with van der Waals surface area (Å²) < 4.78 is 0. The maximum Gasteiger partial charge on any atom is -0.00168 e. The Labute approximate surface area is 240 Å². The van der Waals surface area contributed by atoms with Gasteiger partial charge in [0.25, 0.3) is 0 Å². The van der Waals surface area contributed by atoms with E-state index in [1.54, 1.807) is 16.4 Å². The van der Waals surface area contributed by atoms with Crippen LogP contribution in [0.3, 0.4) is 0 Å². The third-order valence-corrected chi connectivity index (χ3v) is 16.1. The molecule has 2 fully saturated rings. The van der Waals surface area contributed by atoms with E-state index in [2.05, 4.69) is 91.9 Å². The smallest absolute Gasteiger partial charge is 0.00168 e. The van der Waals surface area contributed by atoms with Crippen LogP contribution in [0.5, 0.6) is 0 Å². The Morgan fingerprint density at radius 2 is 1.08 bits per heavy atom. The molecule has 0 N–H and O–H groups in total. The van der Waals surface area contributed by atoms with Crippen LogP contribution in [0.4, 0.5) is 0 Å². The Hall–Kier alpha value is -1.74. The lowest BCUT2D eigenvalue weighted by Gasteiger charge is -2.43. The Bertz CT molecular complexity index is 1160. The Morgan fingerprint density at radius 1 is 0.564 bits per heavy atom. The van der Waals surface area contributed by atoms with Gasteiger partial charge >= 0.3 is 0 Å². The van der Waals surface area contributed by atoms with Crippen LogP contribution >= 0.6 is 15.8 Å². The van der Waals surface area contributed by atoms with Gasteiger partial charge in [-0.05, 0) is 96.9 Å². The third kappa shape index (κ3) is 6.14. The normalized spacial score (nSPS) is 20.2. The maximum atomic E-state index is 2.69. The molecule has 0 heterocycles. The summed E-state index contributed by atoms with van der Waals surface area (Å²) in [5, 5.41) is 4.49. The van der Waals surface area contributed by atoms with Gasteiger partial charge in [0.05, 0.1) is 0 Å². The summed E-state index contributed by atoms with van der Waals surface area (Å²) in [4.78, 5) is 0. The molecule has 0 saturated heterocycles. The quantitative estimate of drug-likeness (QED) is 0.244. The van der Waals surface area contributed by atoms with E-state index in [9.17, 15) is 0 Å². The van der Waals surface area contributed by atoms with Crippen LogP contribution in [-0.4, -0.2) is 17.0 Å². The van der Waals surface area contributed by atoms with Gasteiger partial charge in [0.15, 0.2) is 0 Å². The van der Waals surface area contributed by atoms with Crippen LogP contribution in [-0.2, 0) is 0 Å². The molecule has 3 aromatic carbocycles. The van der Waals surface area contributed by atoms with Gasteiger partial charge in [-0.1, -0.05) is 144 Å². The monoisotopic (exact) mass is 552 g/mol. The summed E-state index contributed by atoms with van der Waals surface area (Å²) in [6, 6.07) is 32.2. The average Bonchev–Trinajstić information content (AvgIpc) is 3.50. The van der Waals surface area contributed by atoms with E-state index in [1.165, 1.54) is 94.1 Å². The maximum absolute atomic E-state index is 2.69. The molecule has 2 heteroatoms. The molecule has 0 amide bonds. The van der Waals surface area contributed by atoms with E-state index in [0.29, 0.717) is 0 Å². The Morgan fingerprint density at radius 3 is 1.64 bits per heavy atom. The second-order valence-electron chi connectivity index (χ2n) is 12.1. The van der Waals surface area contributed by atoms with E-state index in [4.69, 9.17) is 0 Å². The minimum absolute atomic E-state index is 0.0486. The molecule has 204 valence electrons. The molecular weight excluding hydrogens is 506 g/mol. The lowest BCUT2D eigenvalue weighted by atomic mass is 9.99. The number of rotatable bonds is 8. The second-order valence-corrected chi connectivity index (χ2v) is 17.4. The molecule has 1 atom stereocenters. The summed E-state index contributed by atoms with van der Waals surface area (Å²) in [7, 11) is -0.541. The fourth-order valence-electron chi connectivity index (χ4n) is 7.91. The third-order valence-electron chi connectivity index (χ3n) is 9.70. The van der Waals surface area contributed by atoms with Gasteiger partial charge in [-0.2, -0.15) is 0 Å². The van der Waals surface area contributed by atoms with Crippen molar-refractivity contribution in [2.24, 2.45) is 0 Å². The number of benzene rings is 3. The molecule has 0 bridgehead atoms. The summed E-state index contributed by atoms with van der Waals surface area (Å²) >= 11 is 0. The first-order valence-corrected chi connectivity index (χ1v) is 18.7. The van der Waals surface area contributed by atoms with E-state index in [-0.39, 0.29) is 7.92 Å². The standard InChI is InChI=1S/C37H46P2/c1-29(38(30-17-6-2-7-18-30)31-19-8-3-9-20-31)34-26-16-27-35(34)36-25-14-15-28-37(36)39(32-21-10-4-11-22-32)33-23-12-5-13-24-33/h4-5,10-15,21-25,28-31H,2-3,6-9,16-20,26-27H2,1H3/t29-/m1/s1. The molecule has 0 aromatic heterocycles. The number of hydrogen-bond acceptors (Lipinski definition) is 0. The topological polar surface area (TPSA) is 0 Å². The average molecular weight is 553 g/mol. The minimum atomic E-state index is -0.590. The molecule has 6 rings (SSSR count). The molecule has 0 nitrogen and oxygen atoms in total. The van der Waals surface area contributed by atoms with Gasteiger partial charge in [-0.25, -0.2) is 0 Å². The van der Waals surface area contributed by atoms with Crippen molar-refractivity contribution >= 4 is 37.3 Å². The zero-order valence-corrected chi connectivity index (χ0v) is 25.7. The first kappa shape index (κ1) is 27.4. The largest absolute Gasteiger partial charge is 0.0932 e. The van der Waals surface area contributed by atoms with Crippen molar-refractivity contribution in [3.05, 3.63) is 96.1 Å². The highest BCUT2D eigenvalue weighted by molar-refractivity contribution is 7.80. The van der Waals surface area contributed by atoms with Gasteiger partial charge in [-0.3, -0.25) is 0 Å². The predicted octanol–water partition coefficient (Wildman–Crippen LogP) is 9.92. The van der Waals surface area contributed by atoms with Crippen molar-refractivity contribution in [2.45, 2.75) is 107 Å². The Balaban J connectivity index is 1.42. The predicted molar refractivity (Wildman–Crippen MR) is 176 cm³/mol.